The fourth-order valence-electron chi connectivity index (χ4n) is 3.30. The largest absolute Gasteiger partial charge is 0.385 e. The van der Waals surface area contributed by atoms with Gasteiger partial charge in [-0.1, -0.05) is 42.1 Å². The zero-order chi connectivity index (χ0) is 21.5. The van der Waals surface area contributed by atoms with Crippen molar-refractivity contribution in [3.63, 3.8) is 0 Å². The van der Waals surface area contributed by atoms with Gasteiger partial charge in [0.05, 0.1) is 16.2 Å². The topological polar surface area (TPSA) is 64.4 Å². The van der Waals surface area contributed by atoms with Crippen molar-refractivity contribution in [3.05, 3.63) is 65.0 Å². The molecule has 0 saturated carbocycles. The predicted octanol–water partition coefficient (Wildman–Crippen LogP) is 3.97. The van der Waals surface area contributed by atoms with Gasteiger partial charge in [-0.25, -0.2) is 4.98 Å². The molecule has 1 atom stereocenters. The molecule has 0 saturated heterocycles. The Morgan fingerprint density at radius 1 is 1.17 bits per heavy atom. The number of rotatable bonds is 9. The Morgan fingerprint density at radius 3 is 2.57 bits per heavy atom. The Hall–Kier alpha value is -2.64. The number of fused-ring (bicyclic) bond motifs is 1. The van der Waals surface area contributed by atoms with Crippen molar-refractivity contribution < 1.29 is 9.53 Å². The highest BCUT2D eigenvalue weighted by Crippen LogP contribution is 2.26. The maximum absolute atomic E-state index is 13.2. The number of hydrogen-bond donors (Lipinski definition) is 0. The molecule has 6 nitrogen and oxygen atoms in total. The summed E-state index contributed by atoms with van der Waals surface area (Å²) in [4.78, 5) is 32.7. The number of ether oxygens (including phenoxy) is 1. The molecule has 0 aliphatic carbocycles. The molecular weight excluding hydrogens is 398 g/mol. The first-order valence-corrected chi connectivity index (χ1v) is 11.0. The number of hydrogen-bond acceptors (Lipinski definition) is 5. The van der Waals surface area contributed by atoms with Gasteiger partial charge in [-0.3, -0.25) is 14.2 Å². The summed E-state index contributed by atoms with van der Waals surface area (Å²) in [7, 11) is 1.64. The highest BCUT2D eigenvalue weighted by Gasteiger charge is 2.24. The van der Waals surface area contributed by atoms with Crippen molar-refractivity contribution in [3.8, 4) is 0 Å². The van der Waals surface area contributed by atoms with Crippen LogP contribution < -0.4 is 10.5 Å². The second kappa shape index (κ2) is 10.4. The van der Waals surface area contributed by atoms with Crippen LogP contribution in [-0.2, 0) is 16.1 Å². The van der Waals surface area contributed by atoms with Crippen LogP contribution >= 0.6 is 11.8 Å². The lowest BCUT2D eigenvalue weighted by atomic mass is 10.2. The van der Waals surface area contributed by atoms with E-state index in [0.717, 1.165) is 5.69 Å². The first kappa shape index (κ1) is 22.1. The summed E-state index contributed by atoms with van der Waals surface area (Å²) < 4.78 is 6.80. The van der Waals surface area contributed by atoms with Gasteiger partial charge in [0.15, 0.2) is 5.16 Å². The molecule has 0 N–H and O–H groups in total. The monoisotopic (exact) mass is 425 g/mol. The standard InChI is InChI=1S/C23H27N3O3S/c1-4-25(18-11-6-5-7-12-18)21(27)17(2)30-23-24-20-14-9-8-13-19(20)22(28)26(23)15-10-16-29-3/h5-9,11-14,17H,4,10,15-16H2,1-3H3. The number of thioether (sulfide) groups is 1. The molecular formula is C23H27N3O3S. The number of carbonyl (C=O) groups excluding carboxylic acids is 1. The lowest BCUT2D eigenvalue weighted by molar-refractivity contribution is -0.117. The van der Waals surface area contributed by atoms with E-state index in [4.69, 9.17) is 9.72 Å². The molecule has 0 bridgehead atoms. The summed E-state index contributed by atoms with van der Waals surface area (Å²) in [5.41, 5.74) is 1.42. The molecule has 0 aliphatic rings. The normalized spacial score (nSPS) is 12.1. The number of amides is 1. The summed E-state index contributed by atoms with van der Waals surface area (Å²) in [6, 6.07) is 16.9. The summed E-state index contributed by atoms with van der Waals surface area (Å²) >= 11 is 1.32. The summed E-state index contributed by atoms with van der Waals surface area (Å²) in [5.74, 6) is -0.0143. The van der Waals surface area contributed by atoms with Gasteiger partial charge < -0.3 is 9.64 Å². The van der Waals surface area contributed by atoms with Crippen molar-refractivity contribution in [1.82, 2.24) is 9.55 Å². The molecule has 0 spiro atoms. The number of para-hydroxylation sites is 2. The van der Waals surface area contributed by atoms with Gasteiger partial charge in [0.1, 0.15) is 0 Å². The molecule has 1 amide bonds. The van der Waals surface area contributed by atoms with Crippen molar-refractivity contribution in [2.45, 2.75) is 37.2 Å². The van der Waals surface area contributed by atoms with E-state index < -0.39 is 5.25 Å². The van der Waals surface area contributed by atoms with Gasteiger partial charge in [-0.2, -0.15) is 0 Å². The number of benzene rings is 2. The third-order valence-corrected chi connectivity index (χ3v) is 5.91. The highest BCUT2D eigenvalue weighted by atomic mass is 32.2. The van der Waals surface area contributed by atoms with Crippen LogP contribution in [0.1, 0.15) is 20.3 Å². The smallest absolute Gasteiger partial charge is 0.262 e. The molecule has 0 fully saturated rings. The minimum atomic E-state index is -0.396. The fraction of sp³-hybridized carbons (Fsp3) is 0.348. The lowest BCUT2D eigenvalue weighted by Gasteiger charge is -2.24. The molecule has 2 aromatic carbocycles. The minimum Gasteiger partial charge on any atom is -0.385 e. The molecule has 1 heterocycles. The molecule has 0 radical (unpaired) electrons. The molecule has 3 rings (SSSR count). The number of aromatic nitrogens is 2. The second-order valence-electron chi connectivity index (χ2n) is 6.89. The second-order valence-corrected chi connectivity index (χ2v) is 8.20. The average Bonchev–Trinajstić information content (AvgIpc) is 2.77. The van der Waals surface area contributed by atoms with Crippen LogP contribution in [0.2, 0.25) is 0 Å². The number of nitrogens with zero attached hydrogens (tertiary/aromatic N) is 3. The Kier molecular flexibility index (Phi) is 7.65. The van der Waals surface area contributed by atoms with Crippen LogP contribution in [-0.4, -0.2) is 41.0 Å². The molecule has 30 heavy (non-hydrogen) atoms. The molecule has 0 aliphatic heterocycles. The Morgan fingerprint density at radius 2 is 1.87 bits per heavy atom. The molecule has 1 aromatic heterocycles. The Balaban J connectivity index is 1.92. The average molecular weight is 426 g/mol. The summed E-state index contributed by atoms with van der Waals surface area (Å²) in [6.07, 6.45) is 0.692. The molecule has 7 heteroatoms. The zero-order valence-electron chi connectivity index (χ0n) is 17.6. The number of methoxy groups -OCH3 is 1. The van der Waals surface area contributed by atoms with Crippen LogP contribution in [0.25, 0.3) is 10.9 Å². The SMILES string of the molecule is CCN(C(=O)C(C)Sc1nc2ccccc2c(=O)n1CCCOC)c1ccccc1. The number of carbonyl (C=O) groups is 1. The third-order valence-electron chi connectivity index (χ3n) is 4.84. The van der Waals surface area contributed by atoms with Crippen molar-refractivity contribution in [2.24, 2.45) is 0 Å². The minimum absolute atomic E-state index is 0.0143. The zero-order valence-corrected chi connectivity index (χ0v) is 18.4. The van der Waals surface area contributed by atoms with E-state index in [1.165, 1.54) is 11.8 Å². The summed E-state index contributed by atoms with van der Waals surface area (Å²) in [5, 5.41) is 0.740. The van der Waals surface area contributed by atoms with Gasteiger partial charge in [-0.15, -0.1) is 0 Å². The third kappa shape index (κ3) is 4.91. The Bertz CT molecular complexity index is 1050. The van der Waals surface area contributed by atoms with E-state index in [1.54, 1.807) is 22.6 Å². The first-order valence-electron chi connectivity index (χ1n) is 10.1. The van der Waals surface area contributed by atoms with E-state index in [2.05, 4.69) is 0 Å². The van der Waals surface area contributed by atoms with Gasteiger partial charge in [0.25, 0.3) is 5.56 Å². The van der Waals surface area contributed by atoms with Crippen molar-refractivity contribution >= 4 is 34.3 Å². The van der Waals surface area contributed by atoms with Crippen LogP contribution in [0.3, 0.4) is 0 Å². The van der Waals surface area contributed by atoms with Gasteiger partial charge >= 0.3 is 0 Å². The van der Waals surface area contributed by atoms with Gasteiger partial charge in [0, 0.05) is 32.5 Å². The van der Waals surface area contributed by atoms with Crippen LogP contribution in [0.15, 0.2) is 64.5 Å². The fourth-order valence-corrected chi connectivity index (χ4v) is 4.30. The first-order chi connectivity index (χ1) is 14.6. The van der Waals surface area contributed by atoms with E-state index >= 15 is 0 Å². The van der Waals surface area contributed by atoms with Crippen molar-refractivity contribution in [1.29, 1.82) is 0 Å². The summed E-state index contributed by atoms with van der Waals surface area (Å²) in [6.45, 7) is 5.43. The van der Waals surface area contributed by atoms with Crippen LogP contribution in [0.4, 0.5) is 5.69 Å². The molecule has 3 aromatic rings. The van der Waals surface area contributed by atoms with Crippen LogP contribution in [0, 0.1) is 0 Å². The van der Waals surface area contributed by atoms with E-state index in [0.29, 0.717) is 42.2 Å². The van der Waals surface area contributed by atoms with E-state index in [1.807, 2.05) is 62.4 Å². The molecule has 158 valence electrons. The maximum atomic E-state index is 13.2. The maximum Gasteiger partial charge on any atom is 0.262 e. The lowest BCUT2D eigenvalue weighted by Crippen LogP contribution is -2.37. The van der Waals surface area contributed by atoms with E-state index in [-0.39, 0.29) is 11.5 Å². The molecule has 1 unspecified atom stereocenters. The Labute approximate surface area is 180 Å². The van der Waals surface area contributed by atoms with Gasteiger partial charge in [-0.05, 0) is 44.5 Å². The highest BCUT2D eigenvalue weighted by molar-refractivity contribution is 8.00. The van der Waals surface area contributed by atoms with Gasteiger partial charge in [0.2, 0.25) is 5.91 Å². The predicted molar refractivity (Wildman–Crippen MR) is 122 cm³/mol. The van der Waals surface area contributed by atoms with Crippen molar-refractivity contribution in [2.75, 3.05) is 25.2 Å². The van der Waals surface area contributed by atoms with Crippen LogP contribution in [0.5, 0.6) is 0 Å². The number of anilines is 1. The quantitative estimate of drug-likeness (QED) is 0.295. The van der Waals surface area contributed by atoms with E-state index in [9.17, 15) is 9.59 Å².